The number of carbonyl (C=O) groups excluding carboxylic acids is 2. The lowest BCUT2D eigenvalue weighted by molar-refractivity contribution is -0.134. The van der Waals surface area contributed by atoms with Crippen LogP contribution in [0.5, 0.6) is 0 Å². The molecular weight excluding hydrogens is 182 g/mol. The molecule has 5 heteroatoms. The van der Waals surface area contributed by atoms with Gasteiger partial charge in [-0.1, -0.05) is 0 Å². The maximum absolute atomic E-state index is 11.4. The molecule has 1 aliphatic rings. The van der Waals surface area contributed by atoms with Gasteiger partial charge in [-0.3, -0.25) is 9.59 Å². The van der Waals surface area contributed by atoms with Crippen molar-refractivity contribution in [3.63, 3.8) is 0 Å². The Morgan fingerprint density at radius 2 is 2.29 bits per heavy atom. The molecule has 1 rings (SSSR count). The van der Waals surface area contributed by atoms with Crippen molar-refractivity contribution in [3.05, 3.63) is 0 Å². The van der Waals surface area contributed by atoms with Crippen LogP contribution in [0, 0.1) is 16.7 Å². The Kier molecular flexibility index (Phi) is 2.75. The lowest BCUT2D eigenvalue weighted by Crippen LogP contribution is -2.33. The Labute approximate surface area is 82.5 Å². The summed E-state index contributed by atoms with van der Waals surface area (Å²) in [7, 11) is 0. The van der Waals surface area contributed by atoms with Crippen LogP contribution >= 0.6 is 0 Å². The molecule has 0 spiro atoms. The topological polar surface area (TPSA) is 87.2 Å². The van der Waals surface area contributed by atoms with E-state index in [2.05, 4.69) is 6.07 Å². The number of amides is 2. The van der Waals surface area contributed by atoms with E-state index in [0.29, 0.717) is 19.5 Å². The van der Waals surface area contributed by atoms with Gasteiger partial charge in [0.15, 0.2) is 0 Å². The Hall–Kier alpha value is -1.57. The predicted molar refractivity (Wildman–Crippen MR) is 48.7 cm³/mol. The summed E-state index contributed by atoms with van der Waals surface area (Å²) in [5.74, 6) is -0.906. The average Bonchev–Trinajstić information content (AvgIpc) is 2.48. The van der Waals surface area contributed by atoms with Crippen LogP contribution in [0.15, 0.2) is 0 Å². The van der Waals surface area contributed by atoms with Gasteiger partial charge in [-0.25, -0.2) is 0 Å². The average molecular weight is 195 g/mol. The SMILES string of the molecule is C[C@@]1(C#N)CCN(C(=O)CC(N)=O)C1. The highest BCUT2D eigenvalue weighted by atomic mass is 16.2. The number of nitriles is 1. The number of carbonyl (C=O) groups is 2. The number of nitrogens with zero attached hydrogens (tertiary/aromatic N) is 2. The second kappa shape index (κ2) is 3.66. The van der Waals surface area contributed by atoms with Crippen molar-refractivity contribution in [1.82, 2.24) is 4.90 Å². The third-order valence-electron chi connectivity index (χ3n) is 2.42. The molecule has 2 N–H and O–H groups in total. The summed E-state index contributed by atoms with van der Waals surface area (Å²) in [6.07, 6.45) is 0.398. The van der Waals surface area contributed by atoms with Crippen molar-refractivity contribution in [2.75, 3.05) is 13.1 Å². The standard InChI is InChI=1S/C9H13N3O2/c1-9(5-10)2-3-12(6-9)8(14)4-7(11)13/h2-4,6H2,1H3,(H2,11,13)/t9-/m0/s1. The summed E-state index contributed by atoms with van der Waals surface area (Å²) in [4.78, 5) is 23.4. The Morgan fingerprint density at radius 3 is 2.71 bits per heavy atom. The Balaban J connectivity index is 2.55. The van der Waals surface area contributed by atoms with Crippen molar-refractivity contribution in [1.29, 1.82) is 5.26 Å². The van der Waals surface area contributed by atoms with Gasteiger partial charge < -0.3 is 10.6 Å². The zero-order valence-corrected chi connectivity index (χ0v) is 8.12. The van der Waals surface area contributed by atoms with E-state index >= 15 is 0 Å². The molecule has 1 aliphatic heterocycles. The summed E-state index contributed by atoms with van der Waals surface area (Å²) in [5.41, 5.74) is 4.44. The molecule has 5 nitrogen and oxygen atoms in total. The number of hydrogen-bond acceptors (Lipinski definition) is 3. The molecule has 0 aromatic rings. The summed E-state index contributed by atoms with van der Waals surface area (Å²) >= 11 is 0. The molecule has 1 saturated heterocycles. The number of nitrogens with two attached hydrogens (primary N) is 1. The zero-order chi connectivity index (χ0) is 10.8. The fraction of sp³-hybridized carbons (Fsp3) is 0.667. The second-order valence-electron chi connectivity index (χ2n) is 3.88. The van der Waals surface area contributed by atoms with E-state index in [4.69, 9.17) is 11.0 Å². The molecule has 1 heterocycles. The molecule has 0 unspecified atom stereocenters. The van der Waals surface area contributed by atoms with Crippen molar-refractivity contribution >= 4 is 11.8 Å². The van der Waals surface area contributed by atoms with Gasteiger partial charge in [-0.05, 0) is 13.3 Å². The van der Waals surface area contributed by atoms with Crippen molar-refractivity contribution in [2.45, 2.75) is 19.8 Å². The van der Waals surface area contributed by atoms with E-state index in [1.807, 2.05) is 6.92 Å². The van der Waals surface area contributed by atoms with Gasteiger partial charge in [0.05, 0.1) is 11.5 Å². The van der Waals surface area contributed by atoms with Gasteiger partial charge in [-0.2, -0.15) is 5.26 Å². The van der Waals surface area contributed by atoms with Gasteiger partial charge >= 0.3 is 0 Å². The van der Waals surface area contributed by atoms with E-state index in [0.717, 1.165) is 0 Å². The normalized spacial score (nSPS) is 25.9. The quantitative estimate of drug-likeness (QED) is 0.609. The van der Waals surface area contributed by atoms with Crippen LogP contribution in [-0.4, -0.2) is 29.8 Å². The molecule has 1 atom stereocenters. The molecule has 14 heavy (non-hydrogen) atoms. The Morgan fingerprint density at radius 1 is 1.64 bits per heavy atom. The first kappa shape index (κ1) is 10.5. The fourth-order valence-electron chi connectivity index (χ4n) is 1.53. The summed E-state index contributed by atoms with van der Waals surface area (Å²) in [6.45, 7) is 2.75. The van der Waals surface area contributed by atoms with Crippen LogP contribution in [0.3, 0.4) is 0 Å². The van der Waals surface area contributed by atoms with E-state index in [1.165, 1.54) is 4.90 Å². The third kappa shape index (κ3) is 2.22. The van der Waals surface area contributed by atoms with E-state index in [9.17, 15) is 9.59 Å². The Bertz CT molecular complexity index is 308. The predicted octanol–water partition coefficient (Wildman–Crippen LogP) is -0.376. The van der Waals surface area contributed by atoms with E-state index in [1.54, 1.807) is 0 Å². The molecule has 0 aromatic heterocycles. The van der Waals surface area contributed by atoms with Crippen LogP contribution in [0.1, 0.15) is 19.8 Å². The molecule has 2 amide bonds. The maximum Gasteiger partial charge on any atom is 0.232 e. The van der Waals surface area contributed by atoms with Crippen molar-refractivity contribution < 1.29 is 9.59 Å². The van der Waals surface area contributed by atoms with Crippen molar-refractivity contribution in [2.24, 2.45) is 11.1 Å². The van der Waals surface area contributed by atoms with Gasteiger partial charge in [0.25, 0.3) is 0 Å². The van der Waals surface area contributed by atoms with Gasteiger partial charge in [0, 0.05) is 13.1 Å². The molecule has 0 aromatic carbocycles. The lowest BCUT2D eigenvalue weighted by Gasteiger charge is -2.17. The molecule has 0 aliphatic carbocycles. The molecule has 0 radical (unpaired) electrons. The van der Waals surface area contributed by atoms with Crippen LogP contribution in [0.2, 0.25) is 0 Å². The number of primary amides is 1. The first-order valence-corrected chi connectivity index (χ1v) is 4.44. The maximum atomic E-state index is 11.4. The second-order valence-corrected chi connectivity index (χ2v) is 3.88. The minimum atomic E-state index is -0.624. The first-order chi connectivity index (χ1) is 6.47. The highest BCUT2D eigenvalue weighted by molar-refractivity contribution is 5.96. The molecule has 1 fully saturated rings. The zero-order valence-electron chi connectivity index (χ0n) is 8.12. The minimum absolute atomic E-state index is 0.262. The largest absolute Gasteiger partial charge is 0.369 e. The van der Waals surface area contributed by atoms with Crippen LogP contribution in [0.4, 0.5) is 0 Å². The smallest absolute Gasteiger partial charge is 0.232 e. The number of rotatable bonds is 2. The van der Waals surface area contributed by atoms with Crippen molar-refractivity contribution in [3.8, 4) is 6.07 Å². The van der Waals surface area contributed by atoms with Gasteiger partial charge in [0.1, 0.15) is 6.42 Å². The molecule has 0 saturated carbocycles. The lowest BCUT2D eigenvalue weighted by atomic mass is 9.92. The fourth-order valence-corrected chi connectivity index (χ4v) is 1.53. The summed E-state index contributed by atoms with van der Waals surface area (Å²) < 4.78 is 0. The van der Waals surface area contributed by atoms with E-state index < -0.39 is 11.3 Å². The van der Waals surface area contributed by atoms with Crippen LogP contribution in [0.25, 0.3) is 0 Å². The van der Waals surface area contributed by atoms with Gasteiger partial charge in [-0.15, -0.1) is 0 Å². The molecule has 0 bridgehead atoms. The number of hydrogen-bond donors (Lipinski definition) is 1. The molecular formula is C9H13N3O2. The highest BCUT2D eigenvalue weighted by Gasteiger charge is 2.36. The monoisotopic (exact) mass is 195 g/mol. The van der Waals surface area contributed by atoms with Crippen LogP contribution in [-0.2, 0) is 9.59 Å². The minimum Gasteiger partial charge on any atom is -0.369 e. The summed E-state index contributed by atoms with van der Waals surface area (Å²) in [6, 6.07) is 2.17. The van der Waals surface area contributed by atoms with Gasteiger partial charge in [0.2, 0.25) is 11.8 Å². The third-order valence-corrected chi connectivity index (χ3v) is 2.42. The summed E-state index contributed by atoms with van der Waals surface area (Å²) in [5, 5.41) is 8.83. The van der Waals surface area contributed by atoms with Crippen LogP contribution < -0.4 is 5.73 Å². The number of likely N-dealkylation sites (tertiary alicyclic amines) is 1. The first-order valence-electron chi connectivity index (χ1n) is 4.44. The highest BCUT2D eigenvalue weighted by Crippen LogP contribution is 2.28. The molecule has 76 valence electrons. The van der Waals surface area contributed by atoms with E-state index in [-0.39, 0.29) is 12.3 Å².